The van der Waals surface area contributed by atoms with E-state index in [-0.39, 0.29) is 10.8 Å². The standard InChI is InChI=1S/C25H17ClF3N3O3/c1-31(21-17(26)10-12(11-30-21)25(27,28)29)32-22(33)19-18-13-6-2-4-8-15(13)24(35,20(19)23(32)34)16-9-5-3-7-14(16)18/h2-11,18-20,35H,1H3/t18?,19-,20+,24?/m1/s1. The van der Waals surface area contributed by atoms with Gasteiger partial charge < -0.3 is 5.11 Å². The van der Waals surface area contributed by atoms with Crippen LogP contribution in [0.25, 0.3) is 0 Å². The molecule has 0 saturated carbocycles. The minimum atomic E-state index is -4.65. The summed E-state index contributed by atoms with van der Waals surface area (Å²) in [5.41, 5.74) is -0.113. The Bertz CT molecular complexity index is 1380. The second kappa shape index (κ2) is 7.05. The van der Waals surface area contributed by atoms with Crippen molar-refractivity contribution in [3.63, 3.8) is 0 Å². The van der Waals surface area contributed by atoms with Gasteiger partial charge in [0.15, 0.2) is 5.82 Å². The summed E-state index contributed by atoms with van der Waals surface area (Å²) in [5.74, 6) is -3.90. The first-order chi connectivity index (χ1) is 16.6. The van der Waals surface area contributed by atoms with Crippen molar-refractivity contribution in [3.8, 4) is 0 Å². The van der Waals surface area contributed by atoms with Gasteiger partial charge in [0.2, 0.25) is 0 Å². The summed E-state index contributed by atoms with van der Waals surface area (Å²) in [6, 6.07) is 15.1. The number of aromatic nitrogens is 1. The molecule has 10 heteroatoms. The molecule has 6 nitrogen and oxygen atoms in total. The van der Waals surface area contributed by atoms with E-state index in [0.717, 1.165) is 21.1 Å². The van der Waals surface area contributed by atoms with E-state index in [1.165, 1.54) is 7.05 Å². The fourth-order valence-electron chi connectivity index (χ4n) is 5.93. The number of hydrogen-bond acceptors (Lipinski definition) is 5. The van der Waals surface area contributed by atoms with Crippen molar-refractivity contribution >= 4 is 29.2 Å². The maximum atomic E-state index is 13.8. The molecule has 1 aliphatic heterocycles. The topological polar surface area (TPSA) is 73.7 Å². The number of benzene rings is 2. The summed E-state index contributed by atoms with van der Waals surface area (Å²) < 4.78 is 39.2. The van der Waals surface area contributed by atoms with Crippen LogP contribution in [0.15, 0.2) is 60.8 Å². The van der Waals surface area contributed by atoms with Crippen molar-refractivity contribution < 1.29 is 27.9 Å². The van der Waals surface area contributed by atoms with Crippen LogP contribution >= 0.6 is 11.6 Å². The fourth-order valence-corrected chi connectivity index (χ4v) is 6.22. The summed E-state index contributed by atoms with van der Waals surface area (Å²) in [6.45, 7) is 0. The molecule has 2 heterocycles. The van der Waals surface area contributed by atoms with Gasteiger partial charge in [0.25, 0.3) is 11.8 Å². The third-order valence-electron chi connectivity index (χ3n) is 7.31. The maximum absolute atomic E-state index is 13.8. The largest absolute Gasteiger partial charge is 0.417 e. The number of pyridine rings is 1. The van der Waals surface area contributed by atoms with Gasteiger partial charge in [0, 0.05) is 19.2 Å². The second-order valence-corrected chi connectivity index (χ2v) is 9.37. The van der Waals surface area contributed by atoms with E-state index in [1.54, 1.807) is 24.3 Å². The van der Waals surface area contributed by atoms with Crippen LogP contribution in [0.5, 0.6) is 0 Å². The van der Waals surface area contributed by atoms with Gasteiger partial charge in [-0.05, 0) is 28.3 Å². The molecule has 0 unspecified atom stereocenters. The Labute approximate surface area is 202 Å². The zero-order valence-corrected chi connectivity index (χ0v) is 18.9. The first-order valence-electron chi connectivity index (χ1n) is 10.8. The van der Waals surface area contributed by atoms with Crippen LogP contribution in [0, 0.1) is 11.8 Å². The highest BCUT2D eigenvalue weighted by Crippen LogP contribution is 2.63. The molecule has 1 N–H and O–H groups in total. The van der Waals surface area contributed by atoms with Gasteiger partial charge in [-0.1, -0.05) is 60.1 Å². The first kappa shape index (κ1) is 22.1. The highest BCUT2D eigenvalue weighted by molar-refractivity contribution is 6.33. The highest BCUT2D eigenvalue weighted by atomic mass is 35.5. The first-order valence-corrected chi connectivity index (χ1v) is 11.2. The minimum absolute atomic E-state index is 0.186. The van der Waals surface area contributed by atoms with Gasteiger partial charge in [-0.15, -0.1) is 0 Å². The molecule has 0 radical (unpaired) electrons. The normalized spacial score (nSPS) is 26.5. The zero-order valence-electron chi connectivity index (χ0n) is 18.1. The van der Waals surface area contributed by atoms with E-state index in [0.29, 0.717) is 23.4 Å². The predicted molar refractivity (Wildman–Crippen MR) is 119 cm³/mol. The van der Waals surface area contributed by atoms with Gasteiger partial charge in [0.1, 0.15) is 5.60 Å². The fraction of sp³-hybridized carbons (Fsp3) is 0.240. The van der Waals surface area contributed by atoms with Crippen LogP contribution in [-0.2, 0) is 21.4 Å². The minimum Gasteiger partial charge on any atom is -0.379 e. The molecule has 178 valence electrons. The van der Waals surface area contributed by atoms with Crippen LogP contribution < -0.4 is 5.01 Å². The van der Waals surface area contributed by atoms with Crippen LogP contribution in [0.1, 0.15) is 33.7 Å². The Balaban J connectivity index is 1.48. The lowest BCUT2D eigenvalue weighted by Gasteiger charge is -2.51. The Kier molecular flexibility index (Phi) is 4.44. The van der Waals surface area contributed by atoms with Crippen LogP contribution in [0.4, 0.5) is 19.0 Å². The van der Waals surface area contributed by atoms with Gasteiger partial charge in [0.05, 0.1) is 22.4 Å². The van der Waals surface area contributed by atoms with E-state index in [1.807, 2.05) is 24.3 Å². The smallest absolute Gasteiger partial charge is 0.379 e. The molecular formula is C25H17ClF3N3O3. The quantitative estimate of drug-likeness (QED) is 0.537. The number of rotatable bonds is 2. The molecule has 4 aliphatic rings. The molecule has 7 rings (SSSR count). The number of hydrazine groups is 1. The molecule has 1 aromatic heterocycles. The van der Waals surface area contributed by atoms with Gasteiger partial charge in [-0.25, -0.2) is 4.98 Å². The number of hydrogen-bond donors (Lipinski definition) is 1. The number of anilines is 1. The summed E-state index contributed by atoms with van der Waals surface area (Å²) in [4.78, 5) is 31.3. The number of imide groups is 1. The molecule has 2 amide bonds. The van der Waals surface area contributed by atoms with Crippen molar-refractivity contribution in [1.29, 1.82) is 0 Å². The monoisotopic (exact) mass is 499 g/mol. The molecule has 2 aromatic carbocycles. The van der Waals surface area contributed by atoms with E-state index in [9.17, 15) is 27.9 Å². The van der Waals surface area contributed by atoms with Crippen molar-refractivity contribution in [2.75, 3.05) is 12.1 Å². The number of alkyl halides is 3. The number of carbonyl (C=O) groups is 2. The van der Waals surface area contributed by atoms with Crippen molar-refractivity contribution in [3.05, 3.63) is 93.6 Å². The lowest BCUT2D eigenvalue weighted by molar-refractivity contribution is -0.143. The lowest BCUT2D eigenvalue weighted by Crippen LogP contribution is -2.53. The van der Waals surface area contributed by atoms with E-state index in [4.69, 9.17) is 11.6 Å². The van der Waals surface area contributed by atoms with Crippen molar-refractivity contribution in [1.82, 2.24) is 9.99 Å². The Hall–Kier alpha value is -3.43. The lowest BCUT2D eigenvalue weighted by atomic mass is 9.52. The molecule has 0 spiro atoms. The molecule has 35 heavy (non-hydrogen) atoms. The van der Waals surface area contributed by atoms with Crippen LogP contribution in [0.3, 0.4) is 0 Å². The average molecular weight is 500 g/mol. The van der Waals surface area contributed by atoms with Crippen molar-refractivity contribution in [2.24, 2.45) is 11.8 Å². The summed E-state index contributed by atoms with van der Waals surface area (Å²) in [6.07, 6.45) is -4.05. The van der Waals surface area contributed by atoms with E-state index >= 15 is 0 Å². The Morgan fingerprint density at radius 1 is 1.03 bits per heavy atom. The molecule has 2 bridgehead atoms. The molecular weight excluding hydrogens is 483 g/mol. The Morgan fingerprint density at radius 2 is 1.60 bits per heavy atom. The van der Waals surface area contributed by atoms with Crippen LogP contribution in [-0.4, -0.2) is 34.0 Å². The van der Waals surface area contributed by atoms with E-state index < -0.39 is 46.9 Å². The third-order valence-corrected chi connectivity index (χ3v) is 7.58. The number of aliphatic hydroxyl groups is 1. The van der Waals surface area contributed by atoms with Gasteiger partial charge in [-0.3, -0.25) is 14.6 Å². The SMILES string of the molecule is CN(c1ncc(C(F)(F)F)cc1Cl)N1C(=O)[C@@H]2C3c4ccccc4C(O)(c4ccccc43)[C@@H]2C1=O. The molecule has 1 saturated heterocycles. The van der Waals surface area contributed by atoms with E-state index in [2.05, 4.69) is 4.98 Å². The summed E-state index contributed by atoms with van der Waals surface area (Å²) in [5, 5.41) is 13.7. The average Bonchev–Trinajstić information content (AvgIpc) is 3.10. The predicted octanol–water partition coefficient (Wildman–Crippen LogP) is 4.10. The Morgan fingerprint density at radius 3 is 2.14 bits per heavy atom. The summed E-state index contributed by atoms with van der Waals surface area (Å²) >= 11 is 6.10. The molecule has 3 aromatic rings. The molecule has 1 fully saturated rings. The second-order valence-electron chi connectivity index (χ2n) is 8.96. The van der Waals surface area contributed by atoms with Gasteiger partial charge in [-0.2, -0.15) is 18.2 Å². The highest BCUT2D eigenvalue weighted by Gasteiger charge is 2.68. The summed E-state index contributed by atoms with van der Waals surface area (Å²) in [7, 11) is 1.33. The number of carbonyl (C=O) groups excluding carboxylic acids is 2. The molecule has 2 atom stereocenters. The number of nitrogens with zero attached hydrogens (tertiary/aromatic N) is 3. The van der Waals surface area contributed by atoms with Crippen LogP contribution in [0.2, 0.25) is 5.02 Å². The number of halogens is 4. The molecule has 3 aliphatic carbocycles. The third kappa shape index (κ3) is 2.73. The van der Waals surface area contributed by atoms with Crippen molar-refractivity contribution in [2.45, 2.75) is 17.7 Å². The van der Waals surface area contributed by atoms with Gasteiger partial charge >= 0.3 is 6.18 Å². The zero-order chi connectivity index (χ0) is 24.9. The maximum Gasteiger partial charge on any atom is 0.417 e. The number of amides is 2.